The highest BCUT2D eigenvalue weighted by Gasteiger charge is 2.53. The van der Waals surface area contributed by atoms with E-state index in [0.29, 0.717) is 11.1 Å². The fourth-order valence-corrected chi connectivity index (χ4v) is 4.70. The molecule has 1 unspecified atom stereocenters. The van der Waals surface area contributed by atoms with Crippen molar-refractivity contribution in [3.05, 3.63) is 104 Å². The molecule has 0 bridgehead atoms. The number of alkyl halides is 2. The molecule has 36 heavy (non-hydrogen) atoms. The molecule has 4 rings (SSSR count). The minimum atomic E-state index is -4.39. The summed E-state index contributed by atoms with van der Waals surface area (Å²) < 4.78 is 65.7. The van der Waals surface area contributed by atoms with Crippen LogP contribution >= 0.6 is 7.82 Å². The number of rotatable bonds is 10. The second kappa shape index (κ2) is 11.0. The van der Waals surface area contributed by atoms with Crippen molar-refractivity contribution in [3.63, 3.8) is 0 Å². The van der Waals surface area contributed by atoms with Crippen LogP contribution in [0.2, 0.25) is 0 Å². The van der Waals surface area contributed by atoms with Crippen molar-refractivity contribution in [1.82, 2.24) is 9.55 Å². The number of hydrogen-bond donors (Lipinski definition) is 1. The third-order valence-electron chi connectivity index (χ3n) is 5.55. The predicted molar refractivity (Wildman–Crippen MR) is 126 cm³/mol. The monoisotopic (exact) mass is 522 g/mol. The summed E-state index contributed by atoms with van der Waals surface area (Å²) in [6.45, 7) is -0.0168. The van der Waals surface area contributed by atoms with E-state index in [9.17, 15) is 18.5 Å². The molecular formula is C24H25F2N2O7P. The van der Waals surface area contributed by atoms with E-state index >= 15 is 4.39 Å². The first kappa shape index (κ1) is 26.1. The number of aromatic nitrogens is 2. The first-order valence-electron chi connectivity index (χ1n) is 11.1. The Morgan fingerprint density at radius 1 is 1.03 bits per heavy atom. The molecule has 1 fully saturated rings. The smallest absolute Gasteiger partial charge is 0.317 e. The van der Waals surface area contributed by atoms with Gasteiger partial charge in [0, 0.05) is 18.2 Å². The molecule has 0 spiro atoms. The number of phosphoric ester groups is 1. The van der Waals surface area contributed by atoms with Gasteiger partial charge in [-0.05, 0) is 18.1 Å². The van der Waals surface area contributed by atoms with Crippen molar-refractivity contribution in [2.75, 3.05) is 6.61 Å². The molecule has 0 saturated carbocycles. The highest BCUT2D eigenvalue weighted by molar-refractivity contribution is 7.48. The summed E-state index contributed by atoms with van der Waals surface area (Å²) in [5.41, 5.74) is -0.0146. The highest BCUT2D eigenvalue weighted by Crippen LogP contribution is 2.53. The molecule has 1 aliphatic rings. The summed E-state index contributed by atoms with van der Waals surface area (Å²) >= 11 is 0. The van der Waals surface area contributed by atoms with E-state index in [-0.39, 0.29) is 18.8 Å². The minimum Gasteiger partial charge on any atom is -0.317 e. The number of aryl methyl sites for hydroxylation is 1. The number of aromatic amines is 1. The maximum Gasteiger partial charge on any atom is 0.475 e. The van der Waals surface area contributed by atoms with E-state index < -0.39 is 50.4 Å². The van der Waals surface area contributed by atoms with Gasteiger partial charge in [0.05, 0.1) is 13.2 Å². The molecule has 1 N–H and O–H groups in total. The average molecular weight is 522 g/mol. The van der Waals surface area contributed by atoms with Gasteiger partial charge in [-0.2, -0.15) is 0 Å². The van der Waals surface area contributed by atoms with Crippen molar-refractivity contribution < 1.29 is 31.7 Å². The highest BCUT2D eigenvalue weighted by atomic mass is 31.2. The number of halogens is 2. The predicted octanol–water partition coefficient (Wildman–Crippen LogP) is 4.33. The SMILES string of the molecule is Cc1cn(C2C[C@H](F)[C@@](F)(COP(=O)(OCc3ccccc3)OCc3ccccc3)O2)c(=O)[nH]c1=O. The summed E-state index contributed by atoms with van der Waals surface area (Å²) in [6.07, 6.45) is -2.96. The van der Waals surface area contributed by atoms with Crippen molar-refractivity contribution >= 4 is 7.82 Å². The van der Waals surface area contributed by atoms with Gasteiger partial charge >= 0.3 is 13.5 Å². The second-order valence-corrected chi connectivity index (χ2v) is 9.95. The van der Waals surface area contributed by atoms with Crippen LogP contribution in [0.4, 0.5) is 8.78 Å². The summed E-state index contributed by atoms with van der Waals surface area (Å²) in [6, 6.07) is 17.5. The lowest BCUT2D eigenvalue weighted by molar-refractivity contribution is -0.194. The van der Waals surface area contributed by atoms with Crippen LogP contribution in [0.25, 0.3) is 0 Å². The van der Waals surface area contributed by atoms with E-state index in [1.165, 1.54) is 6.92 Å². The van der Waals surface area contributed by atoms with Gasteiger partial charge in [0.2, 0.25) is 0 Å². The minimum absolute atomic E-state index is 0.161. The fourth-order valence-electron chi connectivity index (χ4n) is 3.53. The third kappa shape index (κ3) is 6.24. The Labute approximate surface area is 205 Å². The molecule has 192 valence electrons. The fraction of sp³-hybridized carbons (Fsp3) is 0.333. The molecule has 0 radical (unpaired) electrons. The van der Waals surface area contributed by atoms with Gasteiger partial charge in [-0.25, -0.2) is 18.1 Å². The van der Waals surface area contributed by atoms with E-state index in [4.69, 9.17) is 18.3 Å². The number of benzene rings is 2. The van der Waals surface area contributed by atoms with Crippen LogP contribution in [0.3, 0.4) is 0 Å². The lowest BCUT2D eigenvalue weighted by Gasteiger charge is -2.25. The van der Waals surface area contributed by atoms with Crippen LogP contribution in [0.15, 0.2) is 76.4 Å². The van der Waals surface area contributed by atoms with Gasteiger partial charge in [0.1, 0.15) is 12.8 Å². The van der Waals surface area contributed by atoms with Crippen molar-refractivity contribution in [1.29, 1.82) is 0 Å². The maximum atomic E-state index is 15.5. The number of nitrogens with zero attached hydrogens (tertiary/aromatic N) is 1. The van der Waals surface area contributed by atoms with Crippen molar-refractivity contribution in [2.24, 2.45) is 0 Å². The summed E-state index contributed by atoms with van der Waals surface area (Å²) in [5, 5.41) is 0. The van der Waals surface area contributed by atoms with Gasteiger partial charge in [-0.15, -0.1) is 0 Å². The zero-order valence-electron chi connectivity index (χ0n) is 19.3. The van der Waals surface area contributed by atoms with Crippen LogP contribution in [-0.4, -0.2) is 28.2 Å². The van der Waals surface area contributed by atoms with Crippen molar-refractivity contribution in [3.8, 4) is 0 Å². The number of nitrogens with one attached hydrogen (secondary N) is 1. The molecule has 1 aliphatic heterocycles. The quantitative estimate of drug-likeness (QED) is 0.395. The third-order valence-corrected chi connectivity index (χ3v) is 6.88. The zero-order chi connectivity index (χ0) is 25.8. The largest absolute Gasteiger partial charge is 0.475 e. The molecule has 3 aromatic rings. The zero-order valence-corrected chi connectivity index (χ0v) is 20.2. The Balaban J connectivity index is 1.48. The van der Waals surface area contributed by atoms with Crippen LogP contribution in [0.5, 0.6) is 0 Å². The van der Waals surface area contributed by atoms with E-state index in [2.05, 4.69) is 4.98 Å². The molecule has 0 amide bonds. The Kier molecular flexibility index (Phi) is 7.97. The number of H-pyrrole nitrogens is 1. The molecule has 12 heteroatoms. The molecule has 3 atom stereocenters. The van der Waals surface area contributed by atoms with E-state index in [1.54, 1.807) is 60.7 Å². The van der Waals surface area contributed by atoms with Crippen LogP contribution in [0.1, 0.15) is 29.3 Å². The van der Waals surface area contributed by atoms with Gasteiger partial charge in [0.15, 0.2) is 6.17 Å². The topological polar surface area (TPSA) is 109 Å². The first-order valence-corrected chi connectivity index (χ1v) is 12.6. The lowest BCUT2D eigenvalue weighted by atomic mass is 10.2. The van der Waals surface area contributed by atoms with E-state index in [0.717, 1.165) is 10.8 Å². The lowest BCUT2D eigenvalue weighted by Crippen LogP contribution is -2.38. The number of hydrogen-bond acceptors (Lipinski definition) is 7. The molecular weight excluding hydrogens is 497 g/mol. The maximum absolute atomic E-state index is 15.5. The van der Waals surface area contributed by atoms with Gasteiger partial charge in [-0.1, -0.05) is 60.7 Å². The molecule has 1 aromatic heterocycles. The summed E-state index contributed by atoms with van der Waals surface area (Å²) in [4.78, 5) is 25.8. The van der Waals surface area contributed by atoms with E-state index in [1.807, 2.05) is 0 Å². The van der Waals surface area contributed by atoms with Crippen LogP contribution in [0, 0.1) is 6.92 Å². The summed E-state index contributed by atoms with van der Waals surface area (Å²) in [7, 11) is -4.39. The molecule has 1 saturated heterocycles. The van der Waals surface area contributed by atoms with Crippen LogP contribution < -0.4 is 11.2 Å². The van der Waals surface area contributed by atoms with Gasteiger partial charge in [0.25, 0.3) is 11.4 Å². The van der Waals surface area contributed by atoms with Gasteiger partial charge < -0.3 is 4.74 Å². The normalized spacial score (nSPS) is 22.1. The Morgan fingerprint density at radius 3 is 2.14 bits per heavy atom. The number of phosphoric acid groups is 1. The summed E-state index contributed by atoms with van der Waals surface area (Å²) in [5.74, 6) is -3.05. The number of ether oxygens (including phenoxy) is 1. The Hall–Kier alpha value is -2.95. The first-order chi connectivity index (χ1) is 17.2. The Bertz CT molecular complexity index is 1290. The van der Waals surface area contributed by atoms with Crippen LogP contribution in [-0.2, 0) is 36.1 Å². The van der Waals surface area contributed by atoms with Crippen molar-refractivity contribution in [2.45, 2.75) is 44.8 Å². The Morgan fingerprint density at radius 2 is 1.58 bits per heavy atom. The molecule has 2 heterocycles. The van der Waals surface area contributed by atoms with Gasteiger partial charge in [-0.3, -0.25) is 27.9 Å². The molecule has 9 nitrogen and oxygen atoms in total. The second-order valence-electron chi connectivity index (χ2n) is 8.28. The molecule has 0 aliphatic carbocycles. The average Bonchev–Trinajstić information content (AvgIpc) is 3.18. The molecule has 2 aromatic carbocycles. The standard InChI is InChI=1S/C24H25F2N2O7P/c1-17-13-28(23(30)27-22(17)29)21-12-20(25)24(26,35-21)16-34-36(31,32-14-18-8-4-2-5-9-18)33-15-19-10-6-3-7-11-19/h2-11,13,20-21H,12,14-16H2,1H3,(H,27,29,30)/t20-,21?,24+/m0/s1.